The SMILES string of the molecule is CC(C)(C)OCC(NN)c1c(F)ccc(Br)c1F. The molecule has 0 aliphatic heterocycles. The summed E-state index contributed by atoms with van der Waals surface area (Å²) in [6, 6.07) is 1.75. The third-order valence-corrected chi connectivity index (χ3v) is 2.92. The first-order chi connectivity index (χ1) is 8.26. The van der Waals surface area contributed by atoms with Crippen LogP contribution in [0.25, 0.3) is 0 Å². The summed E-state index contributed by atoms with van der Waals surface area (Å²) in [6.45, 7) is 5.64. The first-order valence-corrected chi connectivity index (χ1v) is 6.29. The van der Waals surface area contributed by atoms with E-state index in [-0.39, 0.29) is 16.6 Å². The number of nitrogens with one attached hydrogen (secondary N) is 1. The molecule has 1 unspecified atom stereocenters. The molecule has 1 atom stereocenters. The summed E-state index contributed by atoms with van der Waals surface area (Å²) in [4.78, 5) is 0. The van der Waals surface area contributed by atoms with Crippen molar-refractivity contribution < 1.29 is 13.5 Å². The molecule has 1 rings (SSSR count). The van der Waals surface area contributed by atoms with Crippen LogP contribution in [0.5, 0.6) is 0 Å². The Labute approximate surface area is 114 Å². The van der Waals surface area contributed by atoms with Crippen LogP contribution in [-0.4, -0.2) is 12.2 Å². The minimum atomic E-state index is -0.748. The molecule has 0 radical (unpaired) electrons. The maximum atomic E-state index is 13.9. The van der Waals surface area contributed by atoms with Gasteiger partial charge >= 0.3 is 0 Å². The molecule has 6 heteroatoms. The highest BCUT2D eigenvalue weighted by Gasteiger charge is 2.23. The quantitative estimate of drug-likeness (QED) is 0.509. The Morgan fingerprint density at radius 3 is 2.50 bits per heavy atom. The highest BCUT2D eigenvalue weighted by molar-refractivity contribution is 9.10. The van der Waals surface area contributed by atoms with Crippen LogP contribution in [0.4, 0.5) is 8.78 Å². The van der Waals surface area contributed by atoms with Crippen LogP contribution in [0.15, 0.2) is 16.6 Å². The van der Waals surface area contributed by atoms with Gasteiger partial charge in [0.25, 0.3) is 0 Å². The predicted molar refractivity (Wildman–Crippen MR) is 69.8 cm³/mol. The van der Waals surface area contributed by atoms with Gasteiger partial charge in [0.15, 0.2) is 0 Å². The largest absolute Gasteiger partial charge is 0.374 e. The van der Waals surface area contributed by atoms with E-state index in [9.17, 15) is 8.78 Å². The Morgan fingerprint density at radius 1 is 1.39 bits per heavy atom. The molecule has 3 nitrogen and oxygen atoms in total. The second-order valence-corrected chi connectivity index (χ2v) is 5.75. The van der Waals surface area contributed by atoms with Crippen LogP contribution in [0.1, 0.15) is 32.4 Å². The average molecular weight is 323 g/mol. The summed E-state index contributed by atoms with van der Waals surface area (Å²) in [5.41, 5.74) is 1.84. The summed E-state index contributed by atoms with van der Waals surface area (Å²) in [6.07, 6.45) is 0. The van der Waals surface area contributed by atoms with Crippen LogP contribution < -0.4 is 11.3 Å². The molecule has 0 amide bonds. The number of hydrogen-bond donors (Lipinski definition) is 2. The zero-order valence-corrected chi connectivity index (χ0v) is 12.1. The van der Waals surface area contributed by atoms with Gasteiger partial charge in [0.2, 0.25) is 0 Å². The molecule has 18 heavy (non-hydrogen) atoms. The van der Waals surface area contributed by atoms with Gasteiger partial charge < -0.3 is 4.74 Å². The molecule has 0 spiro atoms. The van der Waals surface area contributed by atoms with Crippen molar-refractivity contribution in [2.75, 3.05) is 6.61 Å². The van der Waals surface area contributed by atoms with Crippen LogP contribution >= 0.6 is 15.9 Å². The molecular weight excluding hydrogens is 306 g/mol. The fraction of sp³-hybridized carbons (Fsp3) is 0.500. The standard InChI is InChI=1S/C12H17BrF2N2O/c1-12(2,3)18-6-9(17-16)10-8(14)5-4-7(13)11(10)15/h4-5,9,17H,6,16H2,1-3H3. The monoisotopic (exact) mass is 322 g/mol. The fourth-order valence-electron chi connectivity index (χ4n) is 1.41. The second kappa shape index (κ2) is 6.06. The molecular formula is C12H17BrF2N2O. The Hall–Kier alpha value is -0.560. The van der Waals surface area contributed by atoms with Crippen LogP contribution in [-0.2, 0) is 4.74 Å². The average Bonchev–Trinajstić information content (AvgIpc) is 2.27. The van der Waals surface area contributed by atoms with E-state index < -0.39 is 23.3 Å². The number of hydrazine groups is 1. The summed E-state index contributed by atoms with van der Waals surface area (Å²) >= 11 is 3.02. The van der Waals surface area contributed by atoms with Crippen LogP contribution in [0, 0.1) is 11.6 Å². The van der Waals surface area contributed by atoms with E-state index in [4.69, 9.17) is 10.6 Å². The van der Waals surface area contributed by atoms with Gasteiger partial charge in [-0.15, -0.1) is 0 Å². The van der Waals surface area contributed by atoms with E-state index in [0.29, 0.717) is 0 Å². The third-order valence-electron chi connectivity index (χ3n) is 2.31. The molecule has 0 bridgehead atoms. The number of benzene rings is 1. The number of halogens is 3. The number of ether oxygens (including phenoxy) is 1. The van der Waals surface area contributed by atoms with E-state index in [2.05, 4.69) is 21.4 Å². The Kier molecular flexibility index (Phi) is 5.21. The van der Waals surface area contributed by atoms with E-state index in [1.54, 1.807) is 0 Å². The van der Waals surface area contributed by atoms with Crippen LogP contribution in [0.2, 0.25) is 0 Å². The van der Waals surface area contributed by atoms with Crippen molar-refractivity contribution in [2.24, 2.45) is 5.84 Å². The Balaban J connectivity index is 2.99. The topological polar surface area (TPSA) is 47.3 Å². The maximum Gasteiger partial charge on any atom is 0.145 e. The fourth-order valence-corrected chi connectivity index (χ4v) is 1.76. The van der Waals surface area contributed by atoms with Crippen molar-refractivity contribution >= 4 is 15.9 Å². The lowest BCUT2D eigenvalue weighted by atomic mass is 10.1. The van der Waals surface area contributed by atoms with Crippen molar-refractivity contribution in [3.05, 3.63) is 33.8 Å². The minimum Gasteiger partial charge on any atom is -0.374 e. The van der Waals surface area contributed by atoms with Crippen molar-refractivity contribution in [3.8, 4) is 0 Å². The lowest BCUT2D eigenvalue weighted by molar-refractivity contribution is -0.0156. The highest BCUT2D eigenvalue weighted by Crippen LogP contribution is 2.27. The summed E-state index contributed by atoms with van der Waals surface area (Å²) in [5.74, 6) is 4.02. The normalized spacial score (nSPS) is 13.7. The lowest BCUT2D eigenvalue weighted by Gasteiger charge is -2.25. The van der Waals surface area contributed by atoms with Gasteiger partial charge in [-0.2, -0.15) is 0 Å². The zero-order valence-electron chi connectivity index (χ0n) is 10.6. The number of rotatable bonds is 4. The van der Waals surface area contributed by atoms with Crippen molar-refractivity contribution in [1.29, 1.82) is 0 Å². The smallest absolute Gasteiger partial charge is 0.145 e. The Morgan fingerprint density at radius 2 is 2.00 bits per heavy atom. The second-order valence-electron chi connectivity index (χ2n) is 4.90. The molecule has 0 fully saturated rings. The van der Waals surface area contributed by atoms with Crippen molar-refractivity contribution in [2.45, 2.75) is 32.4 Å². The van der Waals surface area contributed by atoms with Gasteiger partial charge in [-0.05, 0) is 48.8 Å². The van der Waals surface area contributed by atoms with Gasteiger partial charge in [-0.3, -0.25) is 11.3 Å². The van der Waals surface area contributed by atoms with E-state index >= 15 is 0 Å². The van der Waals surface area contributed by atoms with Crippen molar-refractivity contribution in [1.82, 2.24) is 5.43 Å². The minimum absolute atomic E-state index is 0.0737. The molecule has 0 aliphatic carbocycles. The first-order valence-electron chi connectivity index (χ1n) is 5.49. The Bertz CT molecular complexity index is 421. The molecule has 0 saturated carbocycles. The molecule has 0 aliphatic rings. The van der Waals surface area contributed by atoms with E-state index in [1.165, 1.54) is 12.1 Å². The third kappa shape index (κ3) is 3.98. The summed E-state index contributed by atoms with van der Waals surface area (Å²) in [5, 5.41) is 0. The molecule has 0 aromatic heterocycles. The van der Waals surface area contributed by atoms with Gasteiger partial charge in [0, 0.05) is 5.56 Å². The maximum absolute atomic E-state index is 13.9. The summed E-state index contributed by atoms with van der Waals surface area (Å²) < 4.78 is 33.2. The molecule has 0 saturated heterocycles. The van der Waals surface area contributed by atoms with E-state index in [1.807, 2.05) is 20.8 Å². The van der Waals surface area contributed by atoms with Crippen molar-refractivity contribution in [3.63, 3.8) is 0 Å². The number of nitrogens with two attached hydrogens (primary N) is 1. The molecule has 0 heterocycles. The number of hydrogen-bond acceptors (Lipinski definition) is 3. The molecule has 3 N–H and O–H groups in total. The zero-order chi connectivity index (χ0) is 13.9. The van der Waals surface area contributed by atoms with Gasteiger partial charge in [-0.25, -0.2) is 8.78 Å². The van der Waals surface area contributed by atoms with E-state index in [0.717, 1.165) is 0 Å². The van der Waals surface area contributed by atoms with Gasteiger partial charge in [0.1, 0.15) is 11.6 Å². The van der Waals surface area contributed by atoms with Gasteiger partial charge in [-0.1, -0.05) is 0 Å². The predicted octanol–water partition coefficient (Wildman–Crippen LogP) is 3.05. The molecule has 1 aromatic carbocycles. The summed E-state index contributed by atoms with van der Waals surface area (Å²) in [7, 11) is 0. The highest BCUT2D eigenvalue weighted by atomic mass is 79.9. The van der Waals surface area contributed by atoms with Gasteiger partial charge in [0.05, 0.1) is 22.7 Å². The molecule has 1 aromatic rings. The van der Waals surface area contributed by atoms with Crippen LogP contribution in [0.3, 0.4) is 0 Å². The lowest BCUT2D eigenvalue weighted by Crippen LogP contribution is -2.35. The molecule has 102 valence electrons. The first kappa shape index (κ1) is 15.5.